The van der Waals surface area contributed by atoms with E-state index in [1.54, 1.807) is 0 Å². The smallest absolute Gasteiger partial charge is 0.224 e. The van der Waals surface area contributed by atoms with E-state index in [4.69, 9.17) is 11.6 Å². The molecule has 2 aliphatic rings. The predicted molar refractivity (Wildman–Crippen MR) is 129 cm³/mol. The zero-order valence-corrected chi connectivity index (χ0v) is 19.1. The van der Waals surface area contributed by atoms with Crippen molar-refractivity contribution in [1.29, 1.82) is 0 Å². The van der Waals surface area contributed by atoms with Crippen LogP contribution in [0.4, 0.5) is 5.69 Å². The summed E-state index contributed by atoms with van der Waals surface area (Å²) in [4.78, 5) is 12.3. The molecule has 0 aromatic heterocycles. The van der Waals surface area contributed by atoms with E-state index in [1.807, 2.05) is 6.07 Å². The molecule has 2 aromatic carbocycles. The van der Waals surface area contributed by atoms with Crippen LogP contribution in [0.15, 0.2) is 36.4 Å². The molecule has 1 saturated carbocycles. The van der Waals surface area contributed by atoms with E-state index in [0.717, 1.165) is 55.3 Å². The van der Waals surface area contributed by atoms with E-state index in [1.165, 1.54) is 48.8 Å². The quantitative estimate of drug-likeness (QED) is 0.576. The van der Waals surface area contributed by atoms with Gasteiger partial charge >= 0.3 is 0 Å². The van der Waals surface area contributed by atoms with Gasteiger partial charge in [0.05, 0.1) is 17.1 Å². The van der Waals surface area contributed by atoms with Crippen LogP contribution in [0.1, 0.15) is 54.4 Å². The molecule has 4 rings (SSSR count). The molecule has 1 fully saturated rings. The molecule has 1 heterocycles. The average Bonchev–Trinajstić information content (AvgIpc) is 3.04. The number of fused-ring (bicyclic) bond motifs is 1. The van der Waals surface area contributed by atoms with Crippen LogP contribution in [0.3, 0.4) is 0 Å². The molecule has 3 N–H and O–H groups in total. The Labute approximate surface area is 191 Å². The van der Waals surface area contributed by atoms with Crippen LogP contribution < -0.4 is 16.0 Å². The standard InChI is InChI=1S/C26H34ClN3O/c27-24-11-10-22-12-14-28-15-13-23(22)26(24)30-18-21-8-6-19(7-9-21)16-25(31)29-17-20-4-2-1-3-5-20/h6-11,20,28,30H,1-5,12-18H2,(H,29,31). The van der Waals surface area contributed by atoms with Gasteiger partial charge in [-0.25, -0.2) is 0 Å². The summed E-state index contributed by atoms with van der Waals surface area (Å²) in [5.74, 6) is 0.797. The van der Waals surface area contributed by atoms with Crippen molar-refractivity contribution < 1.29 is 4.79 Å². The van der Waals surface area contributed by atoms with E-state index in [2.05, 4.69) is 46.3 Å². The third kappa shape index (κ3) is 6.24. The van der Waals surface area contributed by atoms with Gasteiger partial charge in [0.2, 0.25) is 5.91 Å². The Morgan fingerprint density at radius 2 is 1.71 bits per heavy atom. The third-order valence-corrected chi connectivity index (χ3v) is 6.97. The summed E-state index contributed by atoms with van der Waals surface area (Å²) in [6.07, 6.45) is 8.97. The maximum atomic E-state index is 12.3. The number of benzene rings is 2. The summed E-state index contributed by atoms with van der Waals surface area (Å²) in [5.41, 5.74) is 6.03. The minimum Gasteiger partial charge on any atom is -0.380 e. The zero-order chi connectivity index (χ0) is 21.5. The van der Waals surface area contributed by atoms with Crippen LogP contribution in [0.5, 0.6) is 0 Å². The Bertz CT molecular complexity index is 875. The average molecular weight is 440 g/mol. The number of hydrogen-bond acceptors (Lipinski definition) is 3. The molecule has 5 heteroatoms. The molecule has 2 aromatic rings. The molecule has 1 aliphatic carbocycles. The molecule has 4 nitrogen and oxygen atoms in total. The fourth-order valence-corrected chi connectivity index (χ4v) is 5.04. The van der Waals surface area contributed by atoms with E-state index >= 15 is 0 Å². The summed E-state index contributed by atoms with van der Waals surface area (Å²) in [5, 5.41) is 10.9. The van der Waals surface area contributed by atoms with Crippen LogP contribution in [0.2, 0.25) is 5.02 Å². The SMILES string of the molecule is O=C(Cc1ccc(CNc2c(Cl)ccc3c2CCNCC3)cc1)NCC1CCCCC1. The molecule has 0 saturated heterocycles. The van der Waals surface area contributed by atoms with E-state index in [-0.39, 0.29) is 5.91 Å². The van der Waals surface area contributed by atoms with Crippen LogP contribution in [0.25, 0.3) is 0 Å². The first kappa shape index (κ1) is 22.2. The third-order valence-electron chi connectivity index (χ3n) is 6.65. The Kier molecular flexibility index (Phi) is 7.87. The molecule has 0 bridgehead atoms. The lowest BCUT2D eigenvalue weighted by Gasteiger charge is -2.21. The lowest BCUT2D eigenvalue weighted by Crippen LogP contribution is -2.31. The lowest BCUT2D eigenvalue weighted by molar-refractivity contribution is -0.120. The molecule has 31 heavy (non-hydrogen) atoms. The molecule has 0 atom stereocenters. The van der Waals surface area contributed by atoms with Gasteiger partial charge in [0.25, 0.3) is 0 Å². The number of carbonyl (C=O) groups is 1. The number of hydrogen-bond donors (Lipinski definition) is 3. The van der Waals surface area contributed by atoms with Crippen LogP contribution in [-0.4, -0.2) is 25.5 Å². The Hall–Kier alpha value is -2.04. The number of anilines is 1. The summed E-state index contributed by atoms with van der Waals surface area (Å²) in [7, 11) is 0. The molecule has 1 amide bonds. The van der Waals surface area contributed by atoms with Crippen molar-refractivity contribution in [3.05, 3.63) is 63.7 Å². The van der Waals surface area contributed by atoms with Crippen LogP contribution in [-0.2, 0) is 30.6 Å². The highest BCUT2D eigenvalue weighted by Crippen LogP contribution is 2.31. The minimum atomic E-state index is 0.129. The molecule has 1 aliphatic heterocycles. The number of amides is 1. The highest BCUT2D eigenvalue weighted by molar-refractivity contribution is 6.33. The van der Waals surface area contributed by atoms with Gasteiger partial charge in [-0.05, 0) is 73.0 Å². The Morgan fingerprint density at radius 1 is 0.968 bits per heavy atom. The molecule has 0 unspecified atom stereocenters. The fraction of sp³-hybridized carbons (Fsp3) is 0.500. The van der Waals surface area contributed by atoms with Crippen molar-refractivity contribution >= 4 is 23.2 Å². The van der Waals surface area contributed by atoms with Gasteiger partial charge in [-0.1, -0.05) is 61.2 Å². The molecular weight excluding hydrogens is 406 g/mol. The van der Waals surface area contributed by atoms with Gasteiger partial charge in [-0.3, -0.25) is 4.79 Å². The van der Waals surface area contributed by atoms with E-state index in [9.17, 15) is 4.79 Å². The summed E-state index contributed by atoms with van der Waals surface area (Å²) >= 11 is 6.52. The van der Waals surface area contributed by atoms with Crippen LogP contribution in [0, 0.1) is 5.92 Å². The van der Waals surface area contributed by atoms with Crippen molar-refractivity contribution in [2.24, 2.45) is 5.92 Å². The maximum Gasteiger partial charge on any atom is 0.224 e. The maximum absolute atomic E-state index is 12.3. The summed E-state index contributed by atoms with van der Waals surface area (Å²) in [6, 6.07) is 12.5. The topological polar surface area (TPSA) is 53.2 Å². The van der Waals surface area contributed by atoms with Crippen molar-refractivity contribution in [3.63, 3.8) is 0 Å². The normalized spacial score (nSPS) is 16.9. The number of rotatable bonds is 7. The zero-order valence-electron chi connectivity index (χ0n) is 18.3. The highest BCUT2D eigenvalue weighted by atomic mass is 35.5. The first-order valence-electron chi connectivity index (χ1n) is 11.8. The largest absolute Gasteiger partial charge is 0.380 e. The Balaban J connectivity index is 1.29. The van der Waals surface area contributed by atoms with Gasteiger partial charge in [-0.15, -0.1) is 0 Å². The van der Waals surface area contributed by atoms with Crippen molar-refractivity contribution in [3.8, 4) is 0 Å². The molecule has 0 radical (unpaired) electrons. The highest BCUT2D eigenvalue weighted by Gasteiger charge is 2.16. The van der Waals surface area contributed by atoms with Gasteiger partial charge in [0.1, 0.15) is 0 Å². The Morgan fingerprint density at radius 3 is 2.52 bits per heavy atom. The van der Waals surface area contributed by atoms with Gasteiger partial charge < -0.3 is 16.0 Å². The fourth-order valence-electron chi connectivity index (χ4n) is 4.80. The monoisotopic (exact) mass is 439 g/mol. The van der Waals surface area contributed by atoms with Crippen molar-refractivity contribution in [2.45, 2.75) is 57.9 Å². The first-order chi connectivity index (χ1) is 15.2. The molecule has 166 valence electrons. The molecule has 0 spiro atoms. The van der Waals surface area contributed by atoms with Gasteiger partial charge in [0, 0.05) is 13.1 Å². The number of nitrogens with one attached hydrogen (secondary N) is 3. The lowest BCUT2D eigenvalue weighted by atomic mass is 9.89. The van der Waals surface area contributed by atoms with Crippen molar-refractivity contribution in [1.82, 2.24) is 10.6 Å². The minimum absolute atomic E-state index is 0.129. The summed E-state index contributed by atoms with van der Waals surface area (Å²) < 4.78 is 0. The number of halogens is 1. The first-order valence-corrected chi connectivity index (χ1v) is 12.2. The van der Waals surface area contributed by atoms with E-state index in [0.29, 0.717) is 12.3 Å². The second-order valence-corrected chi connectivity index (χ2v) is 9.37. The van der Waals surface area contributed by atoms with Gasteiger partial charge in [0.15, 0.2) is 0 Å². The second kappa shape index (κ2) is 11.0. The number of carbonyl (C=O) groups excluding carboxylic acids is 1. The second-order valence-electron chi connectivity index (χ2n) is 8.97. The predicted octanol–water partition coefficient (Wildman–Crippen LogP) is 4.88. The van der Waals surface area contributed by atoms with Crippen molar-refractivity contribution in [2.75, 3.05) is 25.0 Å². The van der Waals surface area contributed by atoms with Crippen LogP contribution >= 0.6 is 11.6 Å². The van der Waals surface area contributed by atoms with Gasteiger partial charge in [-0.2, -0.15) is 0 Å². The summed E-state index contributed by atoms with van der Waals surface area (Å²) in [6.45, 7) is 3.56. The van der Waals surface area contributed by atoms with E-state index < -0.39 is 0 Å². The molecular formula is C26H34ClN3O.